The second-order valence-corrected chi connectivity index (χ2v) is 1.34. The molecule has 28 valence electrons. The van der Waals surface area contributed by atoms with Gasteiger partial charge in [-0.05, 0) is 0 Å². The molecule has 0 atom stereocenters. The van der Waals surface area contributed by atoms with E-state index in [0.29, 0.717) is 0 Å². The fourth-order valence-corrected chi connectivity index (χ4v) is 0.294. The van der Waals surface area contributed by atoms with Gasteiger partial charge in [-0.2, -0.15) is 4.90 Å². The minimum Gasteiger partial charge on any atom is -0.159 e. The molecule has 0 N–H and O–H groups in total. The Bertz CT molecular complexity index is 30.6. The fraction of sp³-hybridized carbons (Fsp3) is 0.750. The minimum atomic E-state index is 1.00. The Morgan fingerprint density at radius 3 is 2.20 bits per heavy atom. The van der Waals surface area contributed by atoms with Crippen molar-refractivity contribution in [3.05, 3.63) is 6.92 Å². The van der Waals surface area contributed by atoms with E-state index in [1.54, 1.807) is 0 Å². The average molecular weight is 70.1 g/mol. The normalized spacial score (nSPS) is 23.4. The molecule has 1 aliphatic heterocycles. The second-order valence-electron chi connectivity index (χ2n) is 1.34. The molecular formula is C4H8N+. The Balaban J connectivity index is 2.00. The van der Waals surface area contributed by atoms with Crippen molar-refractivity contribution in [3.8, 4) is 0 Å². The standard InChI is InChI=1S/C4H8N/c1-2-5-3-4-5/h1-4H2/q+1. The summed E-state index contributed by atoms with van der Waals surface area (Å²) in [6, 6.07) is 0. The summed E-state index contributed by atoms with van der Waals surface area (Å²) in [6.45, 7) is 7.24. The first-order chi connectivity index (χ1) is 2.43. The van der Waals surface area contributed by atoms with Crippen LogP contribution in [0.3, 0.4) is 0 Å². The molecule has 0 aromatic rings. The SMILES string of the molecule is [CH2]C[N+]1CC1. The van der Waals surface area contributed by atoms with Crippen LogP contribution in [0.5, 0.6) is 0 Å². The van der Waals surface area contributed by atoms with Gasteiger partial charge < -0.3 is 0 Å². The molecule has 1 aliphatic rings. The lowest BCUT2D eigenvalue weighted by atomic mass is 10.8. The zero-order valence-electron chi connectivity index (χ0n) is 3.28. The van der Waals surface area contributed by atoms with Crippen LogP contribution in [0, 0.1) is 6.92 Å². The third-order valence-corrected chi connectivity index (χ3v) is 0.856. The molecule has 1 heteroatoms. The third-order valence-electron chi connectivity index (χ3n) is 0.856. The molecule has 1 saturated heterocycles. The van der Waals surface area contributed by atoms with E-state index in [9.17, 15) is 0 Å². The number of hydrogen-bond acceptors (Lipinski definition) is 1. The first-order valence-corrected chi connectivity index (χ1v) is 1.95. The summed E-state index contributed by atoms with van der Waals surface area (Å²) in [7, 11) is 0. The highest BCUT2D eigenvalue weighted by molar-refractivity contribution is 4.79. The van der Waals surface area contributed by atoms with Crippen LogP contribution in [0.2, 0.25) is 0 Å². The first kappa shape index (κ1) is 3.16. The summed E-state index contributed by atoms with van der Waals surface area (Å²) in [5.74, 6) is 0. The Hall–Kier alpha value is -0.0400. The van der Waals surface area contributed by atoms with Crippen molar-refractivity contribution in [1.29, 1.82) is 0 Å². The van der Waals surface area contributed by atoms with Gasteiger partial charge >= 0.3 is 0 Å². The van der Waals surface area contributed by atoms with Crippen LogP contribution in [-0.2, 0) is 0 Å². The van der Waals surface area contributed by atoms with Crippen molar-refractivity contribution < 1.29 is 0 Å². The van der Waals surface area contributed by atoms with E-state index in [2.05, 4.69) is 11.8 Å². The molecule has 0 spiro atoms. The predicted octanol–water partition coefficient (Wildman–Crippen LogP) is -0.0258. The molecule has 0 amide bonds. The third kappa shape index (κ3) is 0.618. The predicted molar refractivity (Wildman–Crippen MR) is 22.1 cm³/mol. The molecule has 5 heavy (non-hydrogen) atoms. The van der Waals surface area contributed by atoms with Gasteiger partial charge in [0, 0.05) is 6.92 Å². The molecule has 0 aromatic heterocycles. The lowest BCUT2D eigenvalue weighted by Crippen LogP contribution is -1.98. The molecule has 1 heterocycles. The van der Waals surface area contributed by atoms with Crippen molar-refractivity contribution in [2.75, 3.05) is 19.6 Å². The highest BCUT2D eigenvalue weighted by Gasteiger charge is 2.27. The van der Waals surface area contributed by atoms with Crippen molar-refractivity contribution >= 4 is 0 Å². The summed E-state index contributed by atoms with van der Waals surface area (Å²) in [5, 5.41) is 0. The monoisotopic (exact) mass is 70.1 g/mol. The van der Waals surface area contributed by atoms with Gasteiger partial charge in [0.1, 0.15) is 6.54 Å². The number of hydrogen-bond donors (Lipinski definition) is 0. The lowest BCUT2D eigenvalue weighted by Gasteiger charge is -1.68. The smallest absolute Gasteiger partial charge is 0.159 e. The first-order valence-electron chi connectivity index (χ1n) is 1.95. The molecule has 0 saturated carbocycles. The summed E-state index contributed by atoms with van der Waals surface area (Å²) in [6.07, 6.45) is 0. The number of nitrogens with zero attached hydrogens (tertiary/aromatic N) is 1. The highest BCUT2D eigenvalue weighted by Crippen LogP contribution is 1.93. The van der Waals surface area contributed by atoms with Crippen molar-refractivity contribution in [2.45, 2.75) is 0 Å². The fourth-order valence-electron chi connectivity index (χ4n) is 0.294. The van der Waals surface area contributed by atoms with Gasteiger partial charge in [0.25, 0.3) is 0 Å². The van der Waals surface area contributed by atoms with Crippen molar-refractivity contribution in [3.63, 3.8) is 0 Å². The van der Waals surface area contributed by atoms with Crippen LogP contribution in [0.4, 0.5) is 0 Å². The van der Waals surface area contributed by atoms with E-state index in [1.165, 1.54) is 13.1 Å². The van der Waals surface area contributed by atoms with Gasteiger partial charge in [0.2, 0.25) is 0 Å². The summed E-state index contributed by atoms with van der Waals surface area (Å²) in [5.41, 5.74) is 0. The van der Waals surface area contributed by atoms with E-state index >= 15 is 0 Å². The number of rotatable bonds is 1. The molecule has 1 fully saturated rings. The second kappa shape index (κ2) is 0.977. The molecule has 0 bridgehead atoms. The average Bonchev–Trinajstić information content (AvgIpc) is 2.12. The van der Waals surface area contributed by atoms with Crippen LogP contribution in [-0.4, -0.2) is 19.6 Å². The van der Waals surface area contributed by atoms with Gasteiger partial charge in [-0.25, -0.2) is 0 Å². The van der Waals surface area contributed by atoms with Crippen LogP contribution < -0.4 is 4.90 Å². The Kier molecular flexibility index (Phi) is 0.618. The van der Waals surface area contributed by atoms with Gasteiger partial charge in [0.15, 0.2) is 13.1 Å². The van der Waals surface area contributed by atoms with Gasteiger partial charge in [0.05, 0.1) is 0 Å². The lowest BCUT2D eigenvalue weighted by molar-refractivity contribution is 0.806. The van der Waals surface area contributed by atoms with Crippen LogP contribution in [0.1, 0.15) is 0 Å². The van der Waals surface area contributed by atoms with E-state index < -0.39 is 0 Å². The zero-order valence-corrected chi connectivity index (χ0v) is 3.28. The molecule has 1 rings (SSSR count). The maximum atomic E-state index is 3.67. The summed E-state index contributed by atoms with van der Waals surface area (Å²) in [4.78, 5) is 2.26. The summed E-state index contributed by atoms with van der Waals surface area (Å²) < 4.78 is 0. The van der Waals surface area contributed by atoms with Crippen LogP contribution >= 0.6 is 0 Å². The molecule has 2 radical (unpaired) electrons. The maximum absolute atomic E-state index is 3.67. The Morgan fingerprint density at radius 1 is 1.60 bits per heavy atom. The molecule has 0 unspecified atom stereocenters. The van der Waals surface area contributed by atoms with Gasteiger partial charge in [-0.15, -0.1) is 0 Å². The topological polar surface area (TPSA) is 5.90 Å². The van der Waals surface area contributed by atoms with Gasteiger partial charge in [-0.1, -0.05) is 0 Å². The van der Waals surface area contributed by atoms with Crippen molar-refractivity contribution in [1.82, 2.24) is 4.90 Å². The molecular weight excluding hydrogens is 62.1 g/mol. The Labute approximate surface area is 32.6 Å². The van der Waals surface area contributed by atoms with E-state index in [4.69, 9.17) is 0 Å². The van der Waals surface area contributed by atoms with E-state index in [-0.39, 0.29) is 0 Å². The molecule has 0 aromatic carbocycles. The van der Waals surface area contributed by atoms with Crippen LogP contribution in [0.15, 0.2) is 0 Å². The van der Waals surface area contributed by atoms with Crippen molar-refractivity contribution in [2.24, 2.45) is 0 Å². The van der Waals surface area contributed by atoms with Crippen LogP contribution in [0.25, 0.3) is 0 Å². The quantitative estimate of drug-likeness (QED) is 0.302. The molecule has 0 aliphatic carbocycles. The largest absolute Gasteiger partial charge is 0.176 e. The maximum Gasteiger partial charge on any atom is 0.176 e. The highest BCUT2D eigenvalue weighted by atomic mass is 15.2. The Morgan fingerprint density at radius 2 is 2.20 bits per heavy atom. The van der Waals surface area contributed by atoms with Gasteiger partial charge in [-0.3, -0.25) is 0 Å². The minimum absolute atomic E-state index is 1.00. The zero-order chi connectivity index (χ0) is 3.70. The van der Waals surface area contributed by atoms with E-state index in [0.717, 1.165) is 6.54 Å². The summed E-state index contributed by atoms with van der Waals surface area (Å²) >= 11 is 0. The molecule has 1 nitrogen and oxygen atoms in total. The van der Waals surface area contributed by atoms with E-state index in [1.807, 2.05) is 0 Å².